The van der Waals surface area contributed by atoms with Crippen LogP contribution in [0.4, 0.5) is 0 Å². The van der Waals surface area contributed by atoms with Gasteiger partial charge in [-0.25, -0.2) is 0 Å². The minimum atomic E-state index is 0.00147. The van der Waals surface area contributed by atoms with Gasteiger partial charge < -0.3 is 14.6 Å². The number of carbonyl (C=O) groups excluding carboxylic acids is 2. The van der Waals surface area contributed by atoms with E-state index in [1.54, 1.807) is 6.07 Å². The van der Waals surface area contributed by atoms with Gasteiger partial charge in [0.1, 0.15) is 6.26 Å². The first-order chi connectivity index (χ1) is 10.2. The summed E-state index contributed by atoms with van der Waals surface area (Å²) in [5.41, 5.74) is 0.589. The summed E-state index contributed by atoms with van der Waals surface area (Å²) < 4.78 is 4.94. The average molecular weight is 291 g/mol. The minimum Gasteiger partial charge on any atom is -0.472 e. The molecule has 6 nitrogen and oxygen atoms in total. The average Bonchev–Trinajstić information content (AvgIpc) is 3.17. The third-order valence-electron chi connectivity index (χ3n) is 4.08. The molecule has 1 aliphatic heterocycles. The predicted octanol–water partition coefficient (Wildman–Crippen LogP) is 0.564. The molecule has 0 spiro atoms. The molecular formula is C15H21N3O3. The smallest absolute Gasteiger partial charge is 0.257 e. The number of carbonyl (C=O) groups is 2. The van der Waals surface area contributed by atoms with Crippen molar-refractivity contribution in [1.82, 2.24) is 15.1 Å². The summed E-state index contributed by atoms with van der Waals surface area (Å²) in [6.45, 7) is 4.03. The van der Waals surface area contributed by atoms with Gasteiger partial charge in [-0.1, -0.05) is 0 Å². The molecule has 2 fully saturated rings. The van der Waals surface area contributed by atoms with E-state index >= 15 is 0 Å². The number of nitrogens with zero attached hydrogens (tertiary/aromatic N) is 2. The van der Waals surface area contributed by atoms with Crippen molar-refractivity contribution in [1.29, 1.82) is 0 Å². The lowest BCUT2D eigenvalue weighted by molar-refractivity contribution is -0.122. The van der Waals surface area contributed by atoms with E-state index in [0.29, 0.717) is 31.1 Å². The molecule has 6 heteroatoms. The highest BCUT2D eigenvalue weighted by atomic mass is 16.3. The molecule has 0 unspecified atom stereocenters. The Morgan fingerprint density at radius 3 is 2.62 bits per heavy atom. The van der Waals surface area contributed by atoms with Crippen LogP contribution in [0, 0.1) is 5.92 Å². The summed E-state index contributed by atoms with van der Waals surface area (Å²) >= 11 is 0. The number of hydrogen-bond donors (Lipinski definition) is 1. The molecule has 0 radical (unpaired) electrons. The van der Waals surface area contributed by atoms with Gasteiger partial charge in [0.25, 0.3) is 5.91 Å². The van der Waals surface area contributed by atoms with E-state index in [9.17, 15) is 9.59 Å². The fourth-order valence-corrected chi connectivity index (χ4v) is 2.52. The predicted molar refractivity (Wildman–Crippen MR) is 76.8 cm³/mol. The number of rotatable bonds is 5. The maximum absolute atomic E-state index is 12.1. The molecule has 0 aromatic carbocycles. The molecule has 2 aliphatic rings. The van der Waals surface area contributed by atoms with Crippen molar-refractivity contribution in [2.24, 2.45) is 5.92 Å². The first kappa shape index (κ1) is 14.1. The molecule has 0 atom stereocenters. The van der Waals surface area contributed by atoms with Crippen LogP contribution < -0.4 is 5.32 Å². The van der Waals surface area contributed by atoms with Crippen LogP contribution in [0.15, 0.2) is 23.0 Å². The largest absolute Gasteiger partial charge is 0.472 e. The van der Waals surface area contributed by atoms with Gasteiger partial charge in [-0.05, 0) is 24.8 Å². The number of nitrogens with one attached hydrogen (secondary N) is 1. The Labute approximate surface area is 124 Å². The van der Waals surface area contributed by atoms with Gasteiger partial charge in [0.2, 0.25) is 5.91 Å². The topological polar surface area (TPSA) is 65.8 Å². The second kappa shape index (κ2) is 6.30. The van der Waals surface area contributed by atoms with Crippen molar-refractivity contribution in [3.63, 3.8) is 0 Å². The molecule has 2 heterocycles. The van der Waals surface area contributed by atoms with Gasteiger partial charge in [-0.3, -0.25) is 14.5 Å². The normalized spacial score (nSPS) is 19.5. The van der Waals surface area contributed by atoms with Crippen LogP contribution >= 0.6 is 0 Å². The lowest BCUT2D eigenvalue weighted by Gasteiger charge is -2.34. The van der Waals surface area contributed by atoms with Crippen LogP contribution in [0.2, 0.25) is 0 Å². The van der Waals surface area contributed by atoms with E-state index in [1.807, 2.05) is 4.90 Å². The monoisotopic (exact) mass is 291 g/mol. The first-order valence-corrected chi connectivity index (χ1v) is 7.53. The standard InChI is InChI=1S/C15H21N3O3/c19-14(16-9-12-1-2-12)10-17-4-6-18(7-5-17)15(20)13-3-8-21-11-13/h3,8,11-12H,1-2,4-7,9-10H2,(H,16,19). The number of hydrogen-bond acceptors (Lipinski definition) is 4. The lowest BCUT2D eigenvalue weighted by atomic mass is 10.2. The zero-order valence-electron chi connectivity index (χ0n) is 12.1. The molecular weight excluding hydrogens is 270 g/mol. The van der Waals surface area contributed by atoms with Crippen molar-refractivity contribution in [2.75, 3.05) is 39.3 Å². The Balaban J connectivity index is 1.40. The maximum atomic E-state index is 12.1. The zero-order chi connectivity index (χ0) is 14.7. The van der Waals surface area contributed by atoms with E-state index in [4.69, 9.17) is 4.42 Å². The Hall–Kier alpha value is -1.82. The highest BCUT2D eigenvalue weighted by molar-refractivity contribution is 5.93. The quantitative estimate of drug-likeness (QED) is 0.861. The molecule has 0 bridgehead atoms. The first-order valence-electron chi connectivity index (χ1n) is 7.53. The molecule has 1 saturated carbocycles. The number of piperazine rings is 1. The van der Waals surface area contributed by atoms with Crippen LogP contribution in [0.5, 0.6) is 0 Å². The van der Waals surface area contributed by atoms with Crippen LogP contribution in [-0.2, 0) is 4.79 Å². The molecule has 1 saturated heterocycles. The lowest BCUT2D eigenvalue weighted by Crippen LogP contribution is -2.51. The fraction of sp³-hybridized carbons (Fsp3) is 0.600. The Morgan fingerprint density at radius 2 is 2.00 bits per heavy atom. The number of amides is 2. The van der Waals surface area contributed by atoms with Crippen molar-refractivity contribution < 1.29 is 14.0 Å². The fourth-order valence-electron chi connectivity index (χ4n) is 2.52. The van der Waals surface area contributed by atoms with Crippen molar-refractivity contribution >= 4 is 11.8 Å². The maximum Gasteiger partial charge on any atom is 0.257 e. The molecule has 1 aromatic rings. The molecule has 114 valence electrons. The van der Waals surface area contributed by atoms with Gasteiger partial charge in [0, 0.05) is 32.7 Å². The molecule has 1 N–H and O–H groups in total. The second-order valence-corrected chi connectivity index (χ2v) is 5.83. The zero-order valence-corrected chi connectivity index (χ0v) is 12.1. The molecule has 3 rings (SSSR count). The highest BCUT2D eigenvalue weighted by Crippen LogP contribution is 2.27. The van der Waals surface area contributed by atoms with Crippen LogP contribution in [0.25, 0.3) is 0 Å². The van der Waals surface area contributed by atoms with E-state index in [0.717, 1.165) is 19.6 Å². The van der Waals surface area contributed by atoms with Crippen molar-refractivity contribution in [2.45, 2.75) is 12.8 Å². The molecule has 21 heavy (non-hydrogen) atoms. The summed E-state index contributed by atoms with van der Waals surface area (Å²) in [7, 11) is 0. The molecule has 1 aromatic heterocycles. The summed E-state index contributed by atoms with van der Waals surface area (Å²) in [5.74, 6) is 0.802. The van der Waals surface area contributed by atoms with Crippen LogP contribution in [0.1, 0.15) is 23.2 Å². The third kappa shape index (κ3) is 3.85. The van der Waals surface area contributed by atoms with Gasteiger partial charge in [-0.15, -0.1) is 0 Å². The molecule has 2 amide bonds. The number of furan rings is 1. The summed E-state index contributed by atoms with van der Waals surface area (Å²) in [6.07, 6.45) is 5.47. The summed E-state index contributed by atoms with van der Waals surface area (Å²) in [6, 6.07) is 1.68. The van der Waals surface area contributed by atoms with Gasteiger partial charge in [0.15, 0.2) is 0 Å². The Bertz CT molecular complexity index is 488. The Morgan fingerprint density at radius 1 is 1.24 bits per heavy atom. The molecule has 1 aliphatic carbocycles. The van der Waals surface area contributed by atoms with Crippen LogP contribution in [0.3, 0.4) is 0 Å². The van der Waals surface area contributed by atoms with E-state index in [1.165, 1.54) is 25.4 Å². The van der Waals surface area contributed by atoms with E-state index in [2.05, 4.69) is 10.2 Å². The van der Waals surface area contributed by atoms with E-state index in [-0.39, 0.29) is 11.8 Å². The third-order valence-corrected chi connectivity index (χ3v) is 4.08. The van der Waals surface area contributed by atoms with Gasteiger partial charge >= 0.3 is 0 Å². The summed E-state index contributed by atoms with van der Waals surface area (Å²) in [5, 5.41) is 2.97. The van der Waals surface area contributed by atoms with Crippen molar-refractivity contribution in [3.05, 3.63) is 24.2 Å². The van der Waals surface area contributed by atoms with Crippen molar-refractivity contribution in [3.8, 4) is 0 Å². The van der Waals surface area contributed by atoms with Gasteiger partial charge in [0.05, 0.1) is 18.4 Å². The summed E-state index contributed by atoms with van der Waals surface area (Å²) in [4.78, 5) is 27.8. The highest BCUT2D eigenvalue weighted by Gasteiger charge is 2.25. The second-order valence-electron chi connectivity index (χ2n) is 5.83. The van der Waals surface area contributed by atoms with Gasteiger partial charge in [-0.2, -0.15) is 0 Å². The minimum absolute atomic E-state index is 0.00147. The van der Waals surface area contributed by atoms with Crippen LogP contribution in [-0.4, -0.2) is 60.9 Å². The SMILES string of the molecule is O=C(CN1CCN(C(=O)c2ccoc2)CC1)NCC1CC1. The van der Waals surface area contributed by atoms with E-state index < -0.39 is 0 Å². The Kier molecular flexibility index (Phi) is 4.24.